The van der Waals surface area contributed by atoms with Gasteiger partial charge in [0.15, 0.2) is 0 Å². The Morgan fingerprint density at radius 2 is 1.83 bits per heavy atom. The van der Waals surface area contributed by atoms with Crippen LogP contribution >= 0.6 is 23.4 Å². The Labute approximate surface area is 144 Å². The number of amides is 1. The molecule has 0 spiro atoms. The second-order valence-electron chi connectivity index (χ2n) is 5.10. The van der Waals surface area contributed by atoms with Gasteiger partial charge in [-0.3, -0.25) is 9.69 Å². The van der Waals surface area contributed by atoms with Crippen molar-refractivity contribution in [3.8, 4) is 0 Å². The molecule has 0 aliphatic rings. The predicted octanol–water partition coefficient (Wildman–Crippen LogP) is 4.14. The van der Waals surface area contributed by atoms with Gasteiger partial charge in [-0.05, 0) is 55.6 Å². The fourth-order valence-electron chi connectivity index (χ4n) is 1.91. The van der Waals surface area contributed by atoms with Gasteiger partial charge in [0, 0.05) is 27.9 Å². The maximum atomic E-state index is 12.8. The van der Waals surface area contributed by atoms with Crippen LogP contribution < -0.4 is 5.32 Å². The molecule has 0 aliphatic carbocycles. The minimum absolute atomic E-state index is 0.0680. The van der Waals surface area contributed by atoms with E-state index >= 15 is 0 Å². The molecule has 0 aromatic heterocycles. The number of anilines is 1. The first-order valence-electron chi connectivity index (χ1n) is 7.15. The summed E-state index contributed by atoms with van der Waals surface area (Å²) in [5.41, 5.74) is 0.730. The van der Waals surface area contributed by atoms with Crippen LogP contribution in [0.2, 0.25) is 5.02 Å². The number of hydrogen-bond acceptors (Lipinski definition) is 3. The number of benzene rings is 2. The van der Waals surface area contributed by atoms with E-state index in [-0.39, 0.29) is 11.7 Å². The van der Waals surface area contributed by atoms with Gasteiger partial charge in [-0.2, -0.15) is 0 Å². The fourth-order valence-corrected chi connectivity index (χ4v) is 3.00. The molecule has 0 bridgehead atoms. The molecule has 1 N–H and O–H groups in total. The molecular weight excluding hydrogens is 335 g/mol. The van der Waals surface area contributed by atoms with Crippen molar-refractivity contribution in [1.82, 2.24) is 4.90 Å². The molecule has 2 aromatic carbocycles. The molecule has 0 unspecified atom stereocenters. The van der Waals surface area contributed by atoms with Crippen molar-refractivity contribution < 1.29 is 9.18 Å². The normalized spacial score (nSPS) is 10.8. The predicted molar refractivity (Wildman–Crippen MR) is 94.7 cm³/mol. The van der Waals surface area contributed by atoms with Crippen molar-refractivity contribution in [3.05, 3.63) is 59.4 Å². The zero-order chi connectivity index (χ0) is 16.7. The summed E-state index contributed by atoms with van der Waals surface area (Å²) in [7, 11) is 1.90. The third kappa shape index (κ3) is 6.60. The summed E-state index contributed by atoms with van der Waals surface area (Å²) >= 11 is 7.44. The standard InChI is InChI=1S/C17H18ClFN2OS/c1-21(10-11-23-16-8-4-14(19)5-9-16)12-17(22)20-15-6-2-13(18)3-7-15/h2-9H,10-12H2,1H3,(H,20,22). The molecule has 0 aliphatic heterocycles. The van der Waals surface area contributed by atoms with Crippen LogP contribution in [0.1, 0.15) is 0 Å². The summed E-state index contributed by atoms with van der Waals surface area (Å²) < 4.78 is 12.8. The van der Waals surface area contributed by atoms with E-state index in [2.05, 4.69) is 5.32 Å². The Balaban J connectivity index is 1.69. The third-order valence-electron chi connectivity index (χ3n) is 3.10. The van der Waals surface area contributed by atoms with Gasteiger partial charge >= 0.3 is 0 Å². The lowest BCUT2D eigenvalue weighted by Gasteiger charge is -2.16. The maximum Gasteiger partial charge on any atom is 0.238 e. The summed E-state index contributed by atoms with van der Waals surface area (Å²) in [6, 6.07) is 13.4. The third-order valence-corrected chi connectivity index (χ3v) is 4.34. The molecule has 2 rings (SSSR count). The first-order valence-corrected chi connectivity index (χ1v) is 8.51. The van der Waals surface area contributed by atoms with Crippen LogP contribution in [0.4, 0.5) is 10.1 Å². The van der Waals surface area contributed by atoms with Crippen molar-refractivity contribution in [3.63, 3.8) is 0 Å². The van der Waals surface area contributed by atoms with E-state index in [1.165, 1.54) is 12.1 Å². The van der Waals surface area contributed by atoms with Gasteiger partial charge in [0.1, 0.15) is 5.82 Å². The summed E-state index contributed by atoms with van der Waals surface area (Å²) in [4.78, 5) is 14.9. The molecule has 0 atom stereocenters. The van der Waals surface area contributed by atoms with Crippen molar-refractivity contribution in [2.45, 2.75) is 4.90 Å². The van der Waals surface area contributed by atoms with Gasteiger partial charge in [-0.25, -0.2) is 4.39 Å². The zero-order valence-electron chi connectivity index (χ0n) is 12.8. The van der Waals surface area contributed by atoms with Crippen molar-refractivity contribution in [1.29, 1.82) is 0 Å². The van der Waals surface area contributed by atoms with Crippen molar-refractivity contribution >= 4 is 35.0 Å². The topological polar surface area (TPSA) is 32.3 Å². The molecule has 6 heteroatoms. The van der Waals surface area contributed by atoms with Crippen LogP contribution in [-0.2, 0) is 4.79 Å². The average Bonchev–Trinajstić information content (AvgIpc) is 2.51. The Morgan fingerprint density at radius 1 is 1.17 bits per heavy atom. The zero-order valence-corrected chi connectivity index (χ0v) is 14.3. The van der Waals surface area contributed by atoms with E-state index in [9.17, 15) is 9.18 Å². The van der Waals surface area contributed by atoms with E-state index in [0.29, 0.717) is 11.6 Å². The first kappa shape index (κ1) is 17.8. The number of rotatable bonds is 7. The summed E-state index contributed by atoms with van der Waals surface area (Å²) in [5, 5.41) is 3.46. The highest BCUT2D eigenvalue weighted by atomic mass is 35.5. The van der Waals surface area contributed by atoms with E-state index in [1.54, 1.807) is 48.2 Å². The molecule has 23 heavy (non-hydrogen) atoms. The maximum absolute atomic E-state index is 12.8. The Morgan fingerprint density at radius 3 is 2.48 bits per heavy atom. The smallest absolute Gasteiger partial charge is 0.238 e. The number of carbonyl (C=O) groups is 1. The average molecular weight is 353 g/mol. The lowest BCUT2D eigenvalue weighted by molar-refractivity contribution is -0.117. The van der Waals surface area contributed by atoms with Gasteiger partial charge in [0.2, 0.25) is 5.91 Å². The van der Waals surface area contributed by atoms with Gasteiger partial charge in [-0.1, -0.05) is 11.6 Å². The second-order valence-corrected chi connectivity index (χ2v) is 6.70. The van der Waals surface area contributed by atoms with Crippen LogP contribution in [0.5, 0.6) is 0 Å². The van der Waals surface area contributed by atoms with E-state index in [0.717, 1.165) is 22.9 Å². The molecule has 0 saturated carbocycles. The first-order chi connectivity index (χ1) is 11.0. The number of carbonyl (C=O) groups excluding carboxylic acids is 1. The molecule has 3 nitrogen and oxygen atoms in total. The minimum atomic E-state index is -0.231. The summed E-state index contributed by atoms with van der Waals surface area (Å²) in [5.74, 6) is 0.531. The minimum Gasteiger partial charge on any atom is -0.325 e. The lowest BCUT2D eigenvalue weighted by Crippen LogP contribution is -2.31. The number of nitrogens with one attached hydrogen (secondary N) is 1. The van der Waals surface area contributed by atoms with E-state index in [4.69, 9.17) is 11.6 Å². The highest BCUT2D eigenvalue weighted by Crippen LogP contribution is 2.18. The number of thioether (sulfide) groups is 1. The van der Waals surface area contributed by atoms with Crippen LogP contribution in [0.25, 0.3) is 0 Å². The summed E-state index contributed by atoms with van der Waals surface area (Å²) in [6.45, 7) is 1.07. The fraction of sp³-hybridized carbons (Fsp3) is 0.235. The number of halogens is 2. The highest BCUT2D eigenvalue weighted by molar-refractivity contribution is 7.99. The number of likely N-dealkylation sites (N-methyl/N-ethyl adjacent to an activating group) is 1. The van der Waals surface area contributed by atoms with Crippen LogP contribution in [0.15, 0.2) is 53.4 Å². The lowest BCUT2D eigenvalue weighted by atomic mass is 10.3. The molecule has 0 radical (unpaired) electrons. The SMILES string of the molecule is CN(CCSc1ccc(F)cc1)CC(=O)Nc1ccc(Cl)cc1. The van der Waals surface area contributed by atoms with Gasteiger partial charge in [0.05, 0.1) is 6.54 Å². The molecular formula is C17H18ClFN2OS. The molecule has 0 heterocycles. The Bertz CT molecular complexity index is 634. The summed E-state index contributed by atoms with van der Waals surface area (Å²) in [6.07, 6.45) is 0. The van der Waals surface area contributed by atoms with Crippen molar-refractivity contribution in [2.24, 2.45) is 0 Å². The van der Waals surface area contributed by atoms with Gasteiger partial charge < -0.3 is 5.32 Å². The van der Waals surface area contributed by atoms with Gasteiger partial charge in [-0.15, -0.1) is 11.8 Å². The van der Waals surface area contributed by atoms with Gasteiger partial charge in [0.25, 0.3) is 0 Å². The molecule has 1 amide bonds. The van der Waals surface area contributed by atoms with E-state index < -0.39 is 0 Å². The monoisotopic (exact) mass is 352 g/mol. The van der Waals surface area contributed by atoms with Crippen LogP contribution in [-0.4, -0.2) is 36.7 Å². The number of hydrogen-bond donors (Lipinski definition) is 1. The Hall–Kier alpha value is -1.56. The van der Waals surface area contributed by atoms with Crippen LogP contribution in [0.3, 0.4) is 0 Å². The molecule has 122 valence electrons. The van der Waals surface area contributed by atoms with E-state index in [1.807, 2.05) is 11.9 Å². The quantitative estimate of drug-likeness (QED) is 0.760. The van der Waals surface area contributed by atoms with Crippen molar-refractivity contribution in [2.75, 3.05) is 31.2 Å². The molecule has 0 saturated heterocycles. The Kier molecular flexibility index (Phi) is 6.89. The molecule has 2 aromatic rings. The highest BCUT2D eigenvalue weighted by Gasteiger charge is 2.07. The second kappa shape index (κ2) is 8.91. The number of nitrogens with zero attached hydrogens (tertiary/aromatic N) is 1. The largest absolute Gasteiger partial charge is 0.325 e. The van der Waals surface area contributed by atoms with Crippen LogP contribution in [0, 0.1) is 5.82 Å². The molecule has 0 fully saturated rings.